The zero-order chi connectivity index (χ0) is 21.2. The maximum Gasteiger partial charge on any atom is 0.277 e. The zero-order valence-corrected chi connectivity index (χ0v) is 17.1. The maximum atomic E-state index is 11.9. The number of nitrogens with one attached hydrogen (secondary N) is 1. The predicted octanol–water partition coefficient (Wildman–Crippen LogP) is 4.46. The molecule has 3 aromatic rings. The topological polar surface area (TPSA) is 69.2 Å². The molecular weight excluding hydrogens is 404 g/mol. The number of carbonyl (C=O) groups excluding carboxylic acids is 1. The summed E-state index contributed by atoms with van der Waals surface area (Å²) in [6.45, 7) is 0.280. The van der Waals surface area contributed by atoms with E-state index in [-0.39, 0.29) is 12.5 Å². The van der Waals surface area contributed by atoms with Gasteiger partial charge in [-0.1, -0.05) is 35.9 Å². The van der Waals surface area contributed by atoms with Gasteiger partial charge in [-0.2, -0.15) is 5.10 Å². The second-order valence-corrected chi connectivity index (χ2v) is 6.65. The SMILES string of the molecule is COc1ccccc1OCC(=O)N/N=C\c1ccc(OCc2ccc(Cl)cc2)cc1. The smallest absolute Gasteiger partial charge is 0.277 e. The van der Waals surface area contributed by atoms with Crippen molar-refractivity contribution in [1.29, 1.82) is 0 Å². The van der Waals surface area contributed by atoms with Gasteiger partial charge in [-0.25, -0.2) is 5.43 Å². The van der Waals surface area contributed by atoms with E-state index in [0.717, 1.165) is 16.9 Å². The number of hydrazone groups is 1. The Hall–Kier alpha value is -3.51. The van der Waals surface area contributed by atoms with E-state index in [9.17, 15) is 4.79 Å². The minimum Gasteiger partial charge on any atom is -0.493 e. The molecule has 3 aromatic carbocycles. The van der Waals surface area contributed by atoms with Crippen LogP contribution in [0.3, 0.4) is 0 Å². The number of hydrogen-bond acceptors (Lipinski definition) is 5. The highest BCUT2D eigenvalue weighted by molar-refractivity contribution is 6.30. The van der Waals surface area contributed by atoms with Gasteiger partial charge in [0.2, 0.25) is 0 Å². The second kappa shape index (κ2) is 10.9. The number of methoxy groups -OCH3 is 1. The van der Waals surface area contributed by atoms with E-state index in [1.807, 2.05) is 54.6 Å². The summed E-state index contributed by atoms with van der Waals surface area (Å²) < 4.78 is 16.4. The molecule has 0 spiro atoms. The lowest BCUT2D eigenvalue weighted by atomic mass is 10.2. The monoisotopic (exact) mass is 424 g/mol. The Labute approximate surface area is 180 Å². The van der Waals surface area contributed by atoms with Crippen molar-refractivity contribution in [1.82, 2.24) is 5.43 Å². The Kier molecular flexibility index (Phi) is 7.69. The fraction of sp³-hybridized carbons (Fsp3) is 0.130. The number of rotatable bonds is 9. The number of halogens is 1. The quantitative estimate of drug-likeness (QED) is 0.407. The van der Waals surface area contributed by atoms with Crippen LogP contribution >= 0.6 is 11.6 Å². The normalized spacial score (nSPS) is 10.6. The highest BCUT2D eigenvalue weighted by Crippen LogP contribution is 2.25. The van der Waals surface area contributed by atoms with Gasteiger partial charge in [0, 0.05) is 5.02 Å². The first-order valence-electron chi connectivity index (χ1n) is 9.19. The number of para-hydroxylation sites is 2. The van der Waals surface area contributed by atoms with Crippen LogP contribution in [0.25, 0.3) is 0 Å². The molecular formula is C23H21ClN2O4. The standard InChI is InChI=1S/C23H21ClN2O4/c1-28-21-4-2-3-5-22(21)30-16-23(27)26-25-14-17-8-12-20(13-9-17)29-15-18-6-10-19(24)11-7-18/h2-14H,15-16H2,1H3,(H,26,27)/b25-14-. The lowest BCUT2D eigenvalue weighted by molar-refractivity contribution is -0.123. The van der Waals surface area contributed by atoms with Crippen LogP contribution in [0.5, 0.6) is 17.2 Å². The van der Waals surface area contributed by atoms with Crippen molar-refractivity contribution in [3.05, 3.63) is 88.9 Å². The van der Waals surface area contributed by atoms with Gasteiger partial charge in [0.05, 0.1) is 13.3 Å². The van der Waals surface area contributed by atoms with Crippen molar-refractivity contribution in [2.45, 2.75) is 6.61 Å². The molecule has 3 rings (SSSR count). The van der Waals surface area contributed by atoms with Gasteiger partial charge in [-0.3, -0.25) is 4.79 Å². The van der Waals surface area contributed by atoms with Crippen LogP contribution in [0.1, 0.15) is 11.1 Å². The largest absolute Gasteiger partial charge is 0.493 e. The summed E-state index contributed by atoms with van der Waals surface area (Å²) in [7, 11) is 1.54. The first kappa shape index (κ1) is 21.2. The molecule has 0 aromatic heterocycles. The lowest BCUT2D eigenvalue weighted by Gasteiger charge is -2.09. The molecule has 0 atom stereocenters. The molecule has 0 fully saturated rings. The molecule has 0 aliphatic heterocycles. The molecule has 0 aliphatic rings. The van der Waals surface area contributed by atoms with Crippen LogP contribution < -0.4 is 19.6 Å². The minimum atomic E-state index is -0.375. The molecule has 154 valence electrons. The van der Waals surface area contributed by atoms with Gasteiger partial charge in [-0.05, 0) is 59.7 Å². The van der Waals surface area contributed by atoms with E-state index in [2.05, 4.69) is 10.5 Å². The molecule has 1 N–H and O–H groups in total. The van der Waals surface area contributed by atoms with Crippen LogP contribution in [0, 0.1) is 0 Å². The van der Waals surface area contributed by atoms with E-state index in [1.165, 1.54) is 0 Å². The summed E-state index contributed by atoms with van der Waals surface area (Å²) in [5.74, 6) is 1.41. The molecule has 6 nitrogen and oxygen atoms in total. The Morgan fingerprint density at radius 2 is 1.67 bits per heavy atom. The third-order valence-electron chi connectivity index (χ3n) is 4.03. The summed E-state index contributed by atoms with van der Waals surface area (Å²) in [6, 6.07) is 22.0. The first-order chi connectivity index (χ1) is 14.6. The van der Waals surface area contributed by atoms with Crippen LogP contribution in [0.2, 0.25) is 5.02 Å². The molecule has 0 saturated heterocycles. The highest BCUT2D eigenvalue weighted by Gasteiger charge is 2.06. The zero-order valence-electron chi connectivity index (χ0n) is 16.4. The molecule has 30 heavy (non-hydrogen) atoms. The van der Waals surface area contributed by atoms with Gasteiger partial charge in [0.1, 0.15) is 12.4 Å². The van der Waals surface area contributed by atoms with Gasteiger partial charge in [0.15, 0.2) is 18.1 Å². The van der Waals surface area contributed by atoms with E-state index >= 15 is 0 Å². The summed E-state index contributed by atoms with van der Waals surface area (Å²) in [5, 5.41) is 4.63. The van der Waals surface area contributed by atoms with Crippen LogP contribution in [-0.2, 0) is 11.4 Å². The fourth-order valence-corrected chi connectivity index (χ4v) is 2.62. The first-order valence-corrected chi connectivity index (χ1v) is 9.57. The van der Waals surface area contributed by atoms with Crippen molar-refractivity contribution in [3.63, 3.8) is 0 Å². The summed E-state index contributed by atoms with van der Waals surface area (Å²) >= 11 is 5.87. The van der Waals surface area contributed by atoms with Crippen molar-refractivity contribution < 1.29 is 19.0 Å². The summed E-state index contributed by atoms with van der Waals surface area (Å²) in [4.78, 5) is 11.9. The third-order valence-corrected chi connectivity index (χ3v) is 4.28. The van der Waals surface area contributed by atoms with Crippen molar-refractivity contribution in [2.75, 3.05) is 13.7 Å². The average molecular weight is 425 g/mol. The van der Waals surface area contributed by atoms with E-state index in [0.29, 0.717) is 23.1 Å². The highest BCUT2D eigenvalue weighted by atomic mass is 35.5. The number of ether oxygens (including phenoxy) is 3. The van der Waals surface area contributed by atoms with Crippen molar-refractivity contribution in [2.24, 2.45) is 5.10 Å². The van der Waals surface area contributed by atoms with Crippen LogP contribution in [0.15, 0.2) is 77.9 Å². The molecule has 1 amide bonds. The number of amides is 1. The van der Waals surface area contributed by atoms with Gasteiger partial charge < -0.3 is 14.2 Å². The van der Waals surface area contributed by atoms with Gasteiger partial charge in [-0.15, -0.1) is 0 Å². The minimum absolute atomic E-state index is 0.171. The Morgan fingerprint density at radius 3 is 2.37 bits per heavy atom. The number of carbonyl (C=O) groups is 1. The van der Waals surface area contributed by atoms with Crippen molar-refractivity contribution >= 4 is 23.7 Å². The van der Waals surface area contributed by atoms with Crippen LogP contribution in [0.4, 0.5) is 0 Å². The molecule has 0 radical (unpaired) electrons. The molecule has 0 heterocycles. The lowest BCUT2D eigenvalue weighted by Crippen LogP contribution is -2.24. The number of nitrogens with zero attached hydrogens (tertiary/aromatic N) is 1. The van der Waals surface area contributed by atoms with E-state index in [4.69, 9.17) is 25.8 Å². The van der Waals surface area contributed by atoms with Gasteiger partial charge in [0.25, 0.3) is 5.91 Å². The molecule has 7 heteroatoms. The molecule has 0 bridgehead atoms. The fourth-order valence-electron chi connectivity index (χ4n) is 2.49. The van der Waals surface area contributed by atoms with Gasteiger partial charge >= 0.3 is 0 Å². The Balaban J connectivity index is 1.43. The Bertz CT molecular complexity index is 989. The predicted molar refractivity (Wildman–Crippen MR) is 116 cm³/mol. The molecule has 0 saturated carbocycles. The Morgan fingerprint density at radius 1 is 0.967 bits per heavy atom. The molecule has 0 unspecified atom stereocenters. The van der Waals surface area contributed by atoms with Crippen LogP contribution in [-0.4, -0.2) is 25.8 Å². The number of benzene rings is 3. The third kappa shape index (κ3) is 6.53. The van der Waals surface area contributed by atoms with E-state index in [1.54, 1.807) is 31.5 Å². The van der Waals surface area contributed by atoms with E-state index < -0.39 is 0 Å². The average Bonchev–Trinajstić information content (AvgIpc) is 2.78. The maximum absolute atomic E-state index is 11.9. The summed E-state index contributed by atoms with van der Waals surface area (Å²) in [6.07, 6.45) is 1.55. The second-order valence-electron chi connectivity index (χ2n) is 6.22. The summed E-state index contributed by atoms with van der Waals surface area (Å²) in [5.41, 5.74) is 4.28. The van der Waals surface area contributed by atoms with Crippen molar-refractivity contribution in [3.8, 4) is 17.2 Å². The number of hydrogen-bond donors (Lipinski definition) is 1. The molecule has 0 aliphatic carbocycles.